The van der Waals surface area contributed by atoms with Crippen LogP contribution in [0.2, 0.25) is 0 Å². The quantitative estimate of drug-likeness (QED) is 0.283. The summed E-state index contributed by atoms with van der Waals surface area (Å²) >= 11 is 0. The molecule has 152 valence electrons. The first-order valence-electron chi connectivity index (χ1n) is 11.0. The van der Waals surface area contributed by atoms with Crippen LogP contribution in [0.1, 0.15) is 29.5 Å². The molecule has 0 saturated carbocycles. The summed E-state index contributed by atoms with van der Waals surface area (Å²) in [6, 6.07) is 26.6. The lowest BCUT2D eigenvalue weighted by molar-refractivity contribution is 0.361. The van der Waals surface area contributed by atoms with Gasteiger partial charge in [-0.05, 0) is 69.3 Å². The van der Waals surface area contributed by atoms with Gasteiger partial charge < -0.3 is 10.1 Å². The highest BCUT2D eigenvalue weighted by molar-refractivity contribution is 6.03. The van der Waals surface area contributed by atoms with Gasteiger partial charge in [-0.1, -0.05) is 73.3 Å². The van der Waals surface area contributed by atoms with Gasteiger partial charge in [-0.2, -0.15) is 0 Å². The predicted molar refractivity (Wildman–Crippen MR) is 130 cm³/mol. The molecule has 3 unspecified atom stereocenters. The van der Waals surface area contributed by atoms with Gasteiger partial charge in [0.15, 0.2) is 0 Å². The van der Waals surface area contributed by atoms with Crippen molar-refractivity contribution in [2.24, 2.45) is 5.92 Å². The van der Waals surface area contributed by atoms with E-state index in [1.807, 2.05) is 0 Å². The molecule has 3 atom stereocenters. The first-order valence-corrected chi connectivity index (χ1v) is 11.0. The fraction of sp³-hybridized carbons (Fsp3) is 0.172. The number of ether oxygens (including phenoxy) is 1. The average Bonchev–Trinajstić information content (AvgIpc) is 3.31. The maximum atomic E-state index is 5.83. The zero-order chi connectivity index (χ0) is 20.8. The monoisotopic (exact) mass is 403 g/mol. The molecule has 1 heterocycles. The second-order valence-electron chi connectivity index (χ2n) is 8.56. The fourth-order valence-corrected chi connectivity index (χ4v) is 5.49. The van der Waals surface area contributed by atoms with Gasteiger partial charge in [0, 0.05) is 11.6 Å². The van der Waals surface area contributed by atoms with Crippen LogP contribution in [0.25, 0.3) is 21.5 Å². The van der Waals surface area contributed by atoms with Crippen molar-refractivity contribution >= 4 is 27.2 Å². The molecule has 0 bridgehead atoms. The summed E-state index contributed by atoms with van der Waals surface area (Å²) in [4.78, 5) is 0. The first kappa shape index (κ1) is 18.3. The summed E-state index contributed by atoms with van der Waals surface area (Å²) in [5.74, 6) is 1.79. The number of nitrogens with one attached hydrogen (secondary N) is 1. The number of anilines is 1. The fourth-order valence-electron chi connectivity index (χ4n) is 5.49. The minimum atomic E-state index is 0.253. The van der Waals surface area contributed by atoms with E-state index in [2.05, 4.69) is 96.8 Å². The smallest absolute Gasteiger partial charge is 0.120 e. The summed E-state index contributed by atoms with van der Waals surface area (Å²) in [5.41, 5.74) is 3.96. The van der Waals surface area contributed by atoms with Crippen LogP contribution >= 0.6 is 0 Å². The van der Waals surface area contributed by atoms with E-state index in [1.165, 1.54) is 38.4 Å². The molecule has 6 rings (SSSR count). The molecule has 2 aliphatic rings. The van der Waals surface area contributed by atoms with E-state index >= 15 is 0 Å². The lowest BCUT2D eigenvalue weighted by atomic mass is 9.75. The van der Waals surface area contributed by atoms with E-state index in [-0.39, 0.29) is 6.04 Å². The average molecular weight is 404 g/mol. The molecule has 0 radical (unpaired) electrons. The Kier molecular flexibility index (Phi) is 4.31. The van der Waals surface area contributed by atoms with Crippen molar-refractivity contribution in [2.45, 2.75) is 18.4 Å². The van der Waals surface area contributed by atoms with Crippen LogP contribution in [0.15, 0.2) is 97.6 Å². The highest BCUT2D eigenvalue weighted by Crippen LogP contribution is 2.52. The van der Waals surface area contributed by atoms with Gasteiger partial charge in [0.25, 0.3) is 0 Å². The SMILES string of the molecule is C=CCOc1ccc2c(c1)C1C=CCC1C(c1c3ccccc3cc3ccccc13)N2. The minimum Gasteiger partial charge on any atom is -0.490 e. The maximum Gasteiger partial charge on any atom is 0.120 e. The molecule has 4 aromatic carbocycles. The van der Waals surface area contributed by atoms with Crippen molar-refractivity contribution in [3.05, 3.63) is 109 Å². The third-order valence-corrected chi connectivity index (χ3v) is 6.83. The van der Waals surface area contributed by atoms with Crippen LogP contribution in [-0.4, -0.2) is 6.61 Å². The molecule has 0 saturated heterocycles. The third-order valence-electron chi connectivity index (χ3n) is 6.83. The van der Waals surface area contributed by atoms with Gasteiger partial charge in [0.1, 0.15) is 12.4 Å². The van der Waals surface area contributed by atoms with Crippen LogP contribution in [0.3, 0.4) is 0 Å². The van der Waals surface area contributed by atoms with Gasteiger partial charge in [-0.25, -0.2) is 0 Å². The van der Waals surface area contributed by atoms with E-state index in [0.29, 0.717) is 18.4 Å². The lowest BCUT2D eigenvalue weighted by Crippen LogP contribution is -2.29. The van der Waals surface area contributed by atoms with Crippen LogP contribution in [-0.2, 0) is 0 Å². The lowest BCUT2D eigenvalue weighted by Gasteiger charge is -2.38. The Morgan fingerprint density at radius 1 is 0.935 bits per heavy atom. The Labute approximate surface area is 182 Å². The predicted octanol–water partition coefficient (Wildman–Crippen LogP) is 7.38. The number of allylic oxidation sites excluding steroid dienone is 2. The molecule has 0 fully saturated rings. The molecular formula is C29H25NO. The van der Waals surface area contributed by atoms with E-state index in [4.69, 9.17) is 4.74 Å². The van der Waals surface area contributed by atoms with Crippen molar-refractivity contribution in [1.29, 1.82) is 0 Å². The van der Waals surface area contributed by atoms with E-state index < -0.39 is 0 Å². The Bertz CT molecular complexity index is 1280. The second kappa shape index (κ2) is 7.31. The molecule has 31 heavy (non-hydrogen) atoms. The summed E-state index contributed by atoms with van der Waals surface area (Å²) < 4.78 is 5.83. The van der Waals surface area contributed by atoms with E-state index in [9.17, 15) is 0 Å². The highest BCUT2D eigenvalue weighted by atomic mass is 16.5. The van der Waals surface area contributed by atoms with Gasteiger partial charge in [-0.15, -0.1) is 0 Å². The van der Waals surface area contributed by atoms with Crippen molar-refractivity contribution in [3.63, 3.8) is 0 Å². The Balaban J connectivity index is 1.53. The molecule has 1 aliphatic heterocycles. The maximum absolute atomic E-state index is 5.83. The van der Waals surface area contributed by atoms with Crippen molar-refractivity contribution in [3.8, 4) is 5.75 Å². The number of hydrogen-bond donors (Lipinski definition) is 1. The van der Waals surface area contributed by atoms with Gasteiger partial charge in [-0.3, -0.25) is 0 Å². The molecule has 1 N–H and O–H groups in total. The summed E-state index contributed by atoms with van der Waals surface area (Å²) in [5, 5.41) is 9.24. The highest BCUT2D eigenvalue weighted by Gasteiger charge is 2.39. The van der Waals surface area contributed by atoms with Crippen LogP contribution in [0, 0.1) is 5.92 Å². The Morgan fingerprint density at radius 3 is 2.42 bits per heavy atom. The van der Waals surface area contributed by atoms with Gasteiger partial charge in [0.05, 0.1) is 6.04 Å². The molecule has 0 aromatic heterocycles. The molecule has 4 aromatic rings. The summed E-state index contributed by atoms with van der Waals surface area (Å²) in [7, 11) is 0. The Hall–Kier alpha value is -3.52. The normalized spacial score (nSPS) is 21.5. The largest absolute Gasteiger partial charge is 0.490 e. The molecule has 2 nitrogen and oxygen atoms in total. The van der Waals surface area contributed by atoms with Crippen LogP contribution < -0.4 is 10.1 Å². The first-order chi connectivity index (χ1) is 15.3. The zero-order valence-electron chi connectivity index (χ0n) is 17.4. The number of benzene rings is 4. The zero-order valence-corrected chi connectivity index (χ0v) is 17.4. The number of hydrogen-bond acceptors (Lipinski definition) is 2. The van der Waals surface area contributed by atoms with Crippen molar-refractivity contribution < 1.29 is 4.74 Å². The van der Waals surface area contributed by atoms with Crippen molar-refractivity contribution in [1.82, 2.24) is 0 Å². The van der Waals surface area contributed by atoms with Crippen molar-refractivity contribution in [2.75, 3.05) is 11.9 Å². The third kappa shape index (κ3) is 2.94. The second-order valence-corrected chi connectivity index (χ2v) is 8.56. The number of fused-ring (bicyclic) bond motifs is 5. The molecule has 2 heteroatoms. The van der Waals surface area contributed by atoms with Gasteiger partial charge >= 0.3 is 0 Å². The van der Waals surface area contributed by atoms with E-state index in [0.717, 1.165) is 12.2 Å². The Morgan fingerprint density at radius 2 is 1.68 bits per heavy atom. The standard InChI is InChI=1S/C29H25NO/c1-2-16-31-21-14-15-27-26(18-21)24-12-7-13-25(24)29(30-27)28-22-10-5-3-8-19(22)17-20-9-4-6-11-23(20)28/h2-12,14-15,17-18,24-25,29-30H,1,13,16H2. The number of rotatable bonds is 4. The minimum absolute atomic E-state index is 0.253. The van der Waals surface area contributed by atoms with Gasteiger partial charge in [0.2, 0.25) is 0 Å². The summed E-state index contributed by atoms with van der Waals surface area (Å²) in [6.07, 6.45) is 7.61. The topological polar surface area (TPSA) is 21.3 Å². The van der Waals surface area contributed by atoms with Crippen LogP contribution in [0.5, 0.6) is 5.75 Å². The molecule has 1 aliphatic carbocycles. The summed E-state index contributed by atoms with van der Waals surface area (Å²) in [6.45, 7) is 4.29. The van der Waals surface area contributed by atoms with E-state index in [1.54, 1.807) is 6.08 Å². The van der Waals surface area contributed by atoms with Crippen LogP contribution in [0.4, 0.5) is 5.69 Å². The molecule has 0 amide bonds. The molecule has 0 spiro atoms. The molecular weight excluding hydrogens is 378 g/mol.